The van der Waals surface area contributed by atoms with E-state index in [4.69, 9.17) is 11.6 Å². The summed E-state index contributed by atoms with van der Waals surface area (Å²) in [7, 11) is 1.70. The topological polar surface area (TPSA) is 107 Å². The molecule has 1 aliphatic rings. The number of H-pyrrole nitrogens is 1. The molecule has 8 nitrogen and oxygen atoms in total. The van der Waals surface area contributed by atoms with E-state index in [1.54, 1.807) is 36.2 Å². The zero-order chi connectivity index (χ0) is 24.6. The Morgan fingerprint density at radius 2 is 1.82 bits per heavy atom. The van der Waals surface area contributed by atoms with E-state index in [2.05, 4.69) is 36.8 Å². The van der Waals surface area contributed by atoms with Gasteiger partial charge in [0.05, 0.1) is 15.1 Å². The Morgan fingerprint density at radius 3 is 2.56 bits per heavy atom. The van der Waals surface area contributed by atoms with Gasteiger partial charge in [-0.15, -0.1) is 0 Å². The van der Waals surface area contributed by atoms with Crippen molar-refractivity contribution in [1.82, 2.24) is 15.5 Å². The highest BCUT2D eigenvalue weighted by atomic mass is 79.9. The van der Waals surface area contributed by atoms with Crippen molar-refractivity contribution in [3.05, 3.63) is 74.8 Å². The number of carbonyl (C=O) groups excluding carboxylic acids is 3. The first-order valence-electron chi connectivity index (χ1n) is 10.6. The van der Waals surface area contributed by atoms with Gasteiger partial charge in [0.25, 0.3) is 11.8 Å². The van der Waals surface area contributed by atoms with Gasteiger partial charge < -0.3 is 15.5 Å². The molecule has 2 aromatic carbocycles. The molecule has 1 aliphatic heterocycles. The normalized spacial score (nSPS) is 17.0. The Morgan fingerprint density at radius 1 is 1.15 bits per heavy atom. The van der Waals surface area contributed by atoms with Crippen LogP contribution in [0.4, 0.5) is 11.5 Å². The third-order valence-electron chi connectivity index (χ3n) is 5.93. The highest BCUT2D eigenvalue weighted by Crippen LogP contribution is 2.38. The van der Waals surface area contributed by atoms with Crippen LogP contribution in [0.25, 0.3) is 0 Å². The summed E-state index contributed by atoms with van der Waals surface area (Å²) in [5.74, 6) is -1.07. The molecule has 0 aliphatic carbocycles. The second-order valence-electron chi connectivity index (χ2n) is 8.72. The number of para-hydroxylation sites is 1. The van der Waals surface area contributed by atoms with Gasteiger partial charge in [-0.25, -0.2) is 0 Å². The molecule has 3 amide bonds. The summed E-state index contributed by atoms with van der Waals surface area (Å²) in [6.45, 7) is 4.10. The maximum absolute atomic E-state index is 13.2. The number of benzene rings is 2. The minimum absolute atomic E-state index is 0.0875. The average molecular weight is 545 g/mol. The molecule has 1 aromatic heterocycles. The van der Waals surface area contributed by atoms with Gasteiger partial charge >= 0.3 is 0 Å². The summed E-state index contributed by atoms with van der Waals surface area (Å²) >= 11 is 9.41. The summed E-state index contributed by atoms with van der Waals surface area (Å²) in [4.78, 5) is 40.4. The summed E-state index contributed by atoms with van der Waals surface area (Å²) in [5.41, 5.74) is 1.87. The number of hydrogen-bond acceptors (Lipinski definition) is 4. The van der Waals surface area contributed by atoms with Gasteiger partial charge in [-0.2, -0.15) is 5.10 Å². The zero-order valence-corrected chi connectivity index (χ0v) is 21.1. The molecule has 1 unspecified atom stereocenters. The number of halogens is 2. The molecule has 0 saturated carbocycles. The number of fused-ring (bicyclic) bond motifs is 1. The van der Waals surface area contributed by atoms with Crippen molar-refractivity contribution in [3.8, 4) is 0 Å². The van der Waals surface area contributed by atoms with Gasteiger partial charge in [-0.1, -0.05) is 55.8 Å². The van der Waals surface area contributed by atoms with Crippen molar-refractivity contribution in [2.45, 2.75) is 31.7 Å². The van der Waals surface area contributed by atoms with Gasteiger partial charge in [0.15, 0.2) is 5.82 Å². The van der Waals surface area contributed by atoms with E-state index in [1.165, 1.54) is 0 Å². The quantitative estimate of drug-likeness (QED) is 0.449. The Kier molecular flexibility index (Phi) is 6.51. The van der Waals surface area contributed by atoms with Crippen LogP contribution in [0, 0.1) is 0 Å². The van der Waals surface area contributed by atoms with Crippen LogP contribution in [0.2, 0.25) is 5.02 Å². The predicted octanol–water partition coefficient (Wildman–Crippen LogP) is 4.52. The maximum Gasteiger partial charge on any atom is 0.271 e. The monoisotopic (exact) mass is 543 g/mol. The number of aromatic amines is 1. The molecule has 34 heavy (non-hydrogen) atoms. The lowest BCUT2D eigenvalue weighted by Gasteiger charge is -2.27. The third-order valence-corrected chi connectivity index (χ3v) is 7.03. The van der Waals surface area contributed by atoms with Gasteiger partial charge in [0, 0.05) is 12.7 Å². The largest absolute Gasteiger partial charge is 0.339 e. The van der Waals surface area contributed by atoms with E-state index in [9.17, 15) is 14.4 Å². The third kappa shape index (κ3) is 4.45. The standard InChI is InChI=1S/C24H23BrClN5O3/c1-24(2)12-16(23(34)31(3)17-11-7-5-9-14(17)24)27-22(33)19-18(25)20(30-29-19)28-21(32)13-8-4-6-10-15(13)26/h4-11,16H,12H2,1-3H3,(H,27,33)(H2,28,29,30,32). The first kappa shape index (κ1) is 24.0. The van der Waals surface area contributed by atoms with E-state index in [-0.39, 0.29) is 32.9 Å². The fourth-order valence-electron chi connectivity index (χ4n) is 4.12. The number of nitrogens with zero attached hydrogens (tertiary/aromatic N) is 2. The molecule has 176 valence electrons. The summed E-state index contributed by atoms with van der Waals surface area (Å²) in [6.07, 6.45) is 0.417. The van der Waals surface area contributed by atoms with E-state index in [1.807, 2.05) is 38.1 Å². The van der Waals surface area contributed by atoms with E-state index < -0.39 is 17.9 Å². The molecule has 0 saturated heterocycles. The molecular formula is C24H23BrClN5O3. The fourth-order valence-corrected chi connectivity index (χ4v) is 4.80. The minimum atomic E-state index is -0.753. The fraction of sp³-hybridized carbons (Fsp3) is 0.250. The molecule has 10 heteroatoms. The molecule has 2 heterocycles. The highest BCUT2D eigenvalue weighted by Gasteiger charge is 2.38. The molecule has 4 rings (SSSR count). The van der Waals surface area contributed by atoms with Crippen LogP contribution in [0.1, 0.15) is 46.7 Å². The van der Waals surface area contributed by atoms with E-state index >= 15 is 0 Å². The van der Waals surface area contributed by atoms with Crippen LogP contribution < -0.4 is 15.5 Å². The van der Waals surface area contributed by atoms with Crippen LogP contribution in [0.5, 0.6) is 0 Å². The lowest BCUT2D eigenvalue weighted by molar-refractivity contribution is -0.120. The van der Waals surface area contributed by atoms with Crippen molar-refractivity contribution in [3.63, 3.8) is 0 Å². The number of anilines is 2. The SMILES string of the molecule is CN1C(=O)C(NC(=O)c2[nH]nc(NC(=O)c3ccccc3Cl)c2Br)CC(C)(C)c2ccccc21. The average Bonchev–Trinajstić information content (AvgIpc) is 3.14. The van der Waals surface area contributed by atoms with Crippen molar-refractivity contribution in [1.29, 1.82) is 0 Å². The Bertz CT molecular complexity index is 1290. The van der Waals surface area contributed by atoms with Crippen molar-refractivity contribution < 1.29 is 14.4 Å². The summed E-state index contributed by atoms with van der Waals surface area (Å²) in [6, 6.07) is 13.6. The molecule has 0 bridgehead atoms. The number of rotatable bonds is 4. The van der Waals surface area contributed by atoms with Crippen molar-refractivity contribution >= 4 is 56.8 Å². The second-order valence-corrected chi connectivity index (χ2v) is 9.92. The van der Waals surface area contributed by atoms with Gasteiger partial charge in [0.2, 0.25) is 5.91 Å². The predicted molar refractivity (Wildman–Crippen MR) is 134 cm³/mol. The number of amides is 3. The van der Waals surface area contributed by atoms with Gasteiger partial charge in [-0.05, 0) is 51.5 Å². The van der Waals surface area contributed by atoms with Gasteiger partial charge in [-0.3, -0.25) is 19.5 Å². The maximum atomic E-state index is 13.2. The number of aromatic nitrogens is 2. The smallest absolute Gasteiger partial charge is 0.271 e. The Balaban J connectivity index is 1.53. The van der Waals surface area contributed by atoms with Crippen molar-refractivity contribution in [2.75, 3.05) is 17.3 Å². The summed E-state index contributed by atoms with van der Waals surface area (Å²) < 4.78 is 0.266. The first-order chi connectivity index (χ1) is 16.1. The first-order valence-corrected chi connectivity index (χ1v) is 11.7. The zero-order valence-electron chi connectivity index (χ0n) is 18.8. The molecule has 1 atom stereocenters. The minimum Gasteiger partial charge on any atom is -0.339 e. The van der Waals surface area contributed by atoms with Crippen LogP contribution in [0.15, 0.2) is 53.0 Å². The summed E-state index contributed by atoms with van der Waals surface area (Å²) in [5, 5.41) is 12.4. The van der Waals surface area contributed by atoms with Gasteiger partial charge in [0.1, 0.15) is 11.7 Å². The lowest BCUT2D eigenvalue weighted by Crippen LogP contribution is -2.48. The molecule has 0 fully saturated rings. The second kappa shape index (κ2) is 9.23. The van der Waals surface area contributed by atoms with Crippen LogP contribution >= 0.6 is 27.5 Å². The number of likely N-dealkylation sites (N-methyl/N-ethyl adjacent to an activating group) is 1. The Hall–Kier alpha value is -3.17. The lowest BCUT2D eigenvalue weighted by atomic mass is 9.79. The highest BCUT2D eigenvalue weighted by molar-refractivity contribution is 9.10. The van der Waals surface area contributed by atoms with E-state index in [0.29, 0.717) is 11.4 Å². The van der Waals surface area contributed by atoms with Crippen LogP contribution in [-0.2, 0) is 10.2 Å². The molecule has 3 aromatic rings. The Labute approximate surface area is 210 Å². The molecule has 3 N–H and O–H groups in total. The van der Waals surface area contributed by atoms with E-state index in [0.717, 1.165) is 11.3 Å². The number of carbonyl (C=O) groups is 3. The van der Waals surface area contributed by atoms with Crippen LogP contribution in [-0.4, -0.2) is 41.0 Å². The van der Waals surface area contributed by atoms with Crippen LogP contribution in [0.3, 0.4) is 0 Å². The molecule has 0 spiro atoms. The van der Waals surface area contributed by atoms with Crippen molar-refractivity contribution in [2.24, 2.45) is 0 Å². The number of hydrogen-bond donors (Lipinski definition) is 3. The number of nitrogens with one attached hydrogen (secondary N) is 3. The molecule has 0 radical (unpaired) electrons. The molecular weight excluding hydrogens is 522 g/mol.